The highest BCUT2D eigenvalue weighted by Gasteiger charge is 2.30. The predicted octanol–water partition coefficient (Wildman–Crippen LogP) is 1.26. The molecule has 0 bridgehead atoms. The van der Waals surface area contributed by atoms with Gasteiger partial charge in [0.2, 0.25) is 5.28 Å². The minimum atomic E-state index is -3.19. The first-order valence-electron chi connectivity index (χ1n) is 5.27. The molecule has 3 N–H and O–H groups in total. The Hall–Kier alpha value is -1.08. The molecule has 0 spiro atoms. The Morgan fingerprint density at radius 2 is 1.94 bits per heavy atom. The molecular weight excluding hydrogens is 276 g/mol. The summed E-state index contributed by atoms with van der Waals surface area (Å²) in [6, 6.07) is 0. The number of hydrogen-bond acceptors (Lipinski definition) is 6. The zero-order valence-electron chi connectivity index (χ0n) is 10.8. The van der Waals surface area contributed by atoms with Crippen LogP contribution in [0.3, 0.4) is 0 Å². The summed E-state index contributed by atoms with van der Waals surface area (Å²) in [6.45, 7) is 5.14. The van der Waals surface area contributed by atoms with E-state index in [1.165, 1.54) is 6.26 Å². The monoisotopic (exact) mass is 292 g/mol. The maximum atomic E-state index is 11.6. The van der Waals surface area contributed by atoms with Crippen molar-refractivity contribution in [1.82, 2.24) is 9.97 Å². The molecule has 0 unspecified atom stereocenters. The lowest BCUT2D eigenvalue weighted by Crippen LogP contribution is -2.38. The fourth-order valence-corrected chi connectivity index (χ4v) is 1.66. The Kier molecular flexibility index (Phi) is 4.07. The lowest BCUT2D eigenvalue weighted by atomic mass is 10.2. The first-order valence-corrected chi connectivity index (χ1v) is 7.54. The Morgan fingerprint density at radius 3 is 2.44 bits per heavy atom. The second-order valence-corrected chi connectivity index (χ2v) is 7.71. The number of halogens is 1. The number of aromatic nitrogens is 2. The van der Waals surface area contributed by atoms with Crippen LogP contribution in [0.1, 0.15) is 19.5 Å². The minimum absolute atomic E-state index is 0.0707. The largest absolute Gasteiger partial charge is 0.394 e. The fourth-order valence-electron chi connectivity index (χ4n) is 1.11. The zero-order chi connectivity index (χ0) is 14.1. The van der Waals surface area contributed by atoms with Gasteiger partial charge in [-0.1, -0.05) is 0 Å². The van der Waals surface area contributed by atoms with E-state index in [4.69, 9.17) is 17.3 Å². The summed E-state index contributed by atoms with van der Waals surface area (Å²) >= 11 is 5.73. The Morgan fingerprint density at radius 1 is 1.39 bits per heavy atom. The van der Waals surface area contributed by atoms with E-state index >= 15 is 0 Å². The third-order valence-electron chi connectivity index (χ3n) is 2.79. The third-order valence-corrected chi connectivity index (χ3v) is 5.12. The standard InChI is InChI=1S/C10H17ClN4O2S/c1-6-7(12)8(15-9(11)14-6)13-5-10(2,3)18(4,16)17/h5,12H2,1-4H3,(H,13,14,15). The van der Waals surface area contributed by atoms with Crippen molar-refractivity contribution in [3.8, 4) is 0 Å². The molecule has 0 aliphatic carbocycles. The van der Waals surface area contributed by atoms with E-state index in [0.29, 0.717) is 17.2 Å². The smallest absolute Gasteiger partial charge is 0.224 e. The summed E-state index contributed by atoms with van der Waals surface area (Å²) < 4.78 is 22.2. The van der Waals surface area contributed by atoms with Crippen molar-refractivity contribution in [1.29, 1.82) is 0 Å². The molecule has 0 aliphatic rings. The van der Waals surface area contributed by atoms with Crippen LogP contribution >= 0.6 is 11.6 Å². The average Bonchev–Trinajstić information content (AvgIpc) is 2.19. The van der Waals surface area contributed by atoms with Gasteiger partial charge in [-0.25, -0.2) is 13.4 Å². The fraction of sp³-hybridized carbons (Fsp3) is 0.600. The van der Waals surface area contributed by atoms with Crippen molar-refractivity contribution < 1.29 is 8.42 Å². The number of rotatable bonds is 4. The van der Waals surface area contributed by atoms with E-state index in [1.807, 2.05) is 0 Å². The molecule has 8 heteroatoms. The average molecular weight is 293 g/mol. The number of anilines is 2. The first-order chi connectivity index (χ1) is 8.04. The highest BCUT2D eigenvalue weighted by atomic mass is 35.5. The maximum Gasteiger partial charge on any atom is 0.224 e. The van der Waals surface area contributed by atoms with Gasteiger partial charge in [0.15, 0.2) is 15.7 Å². The predicted molar refractivity (Wildman–Crippen MR) is 73.6 cm³/mol. The molecule has 1 aromatic rings. The van der Waals surface area contributed by atoms with Gasteiger partial charge in [-0.15, -0.1) is 0 Å². The van der Waals surface area contributed by atoms with Crippen LogP contribution in [-0.4, -0.2) is 35.9 Å². The molecule has 102 valence electrons. The number of aryl methyl sites for hydroxylation is 1. The van der Waals surface area contributed by atoms with Gasteiger partial charge in [-0.3, -0.25) is 0 Å². The van der Waals surface area contributed by atoms with Crippen molar-refractivity contribution in [2.75, 3.05) is 23.9 Å². The summed E-state index contributed by atoms with van der Waals surface area (Å²) in [6.07, 6.45) is 1.19. The molecule has 0 fully saturated rings. The van der Waals surface area contributed by atoms with Crippen LogP contribution in [0.4, 0.5) is 11.5 Å². The molecule has 0 amide bonds. The van der Waals surface area contributed by atoms with Crippen LogP contribution in [0.15, 0.2) is 0 Å². The van der Waals surface area contributed by atoms with E-state index in [0.717, 1.165) is 0 Å². The van der Waals surface area contributed by atoms with Crippen molar-refractivity contribution in [3.05, 3.63) is 11.0 Å². The maximum absolute atomic E-state index is 11.6. The van der Waals surface area contributed by atoms with Crippen molar-refractivity contribution in [3.63, 3.8) is 0 Å². The van der Waals surface area contributed by atoms with Crippen LogP contribution in [0, 0.1) is 6.92 Å². The molecule has 1 heterocycles. The lowest BCUT2D eigenvalue weighted by molar-refractivity contribution is 0.559. The lowest BCUT2D eigenvalue weighted by Gasteiger charge is -2.23. The van der Waals surface area contributed by atoms with E-state index in [1.54, 1.807) is 20.8 Å². The summed E-state index contributed by atoms with van der Waals surface area (Å²) in [4.78, 5) is 7.84. The summed E-state index contributed by atoms with van der Waals surface area (Å²) in [5.41, 5.74) is 6.71. The molecule has 0 aromatic carbocycles. The highest BCUT2D eigenvalue weighted by Crippen LogP contribution is 2.22. The van der Waals surface area contributed by atoms with Gasteiger partial charge < -0.3 is 11.1 Å². The number of nitrogens with two attached hydrogens (primary N) is 1. The van der Waals surface area contributed by atoms with Gasteiger partial charge in [0, 0.05) is 12.8 Å². The first kappa shape index (κ1) is 15.0. The van der Waals surface area contributed by atoms with E-state index in [-0.39, 0.29) is 11.8 Å². The number of hydrogen-bond donors (Lipinski definition) is 2. The van der Waals surface area contributed by atoms with Gasteiger partial charge in [-0.2, -0.15) is 4.98 Å². The number of nitrogens with zero attached hydrogens (tertiary/aromatic N) is 2. The van der Waals surface area contributed by atoms with Gasteiger partial charge in [0.05, 0.1) is 16.1 Å². The second-order valence-electron chi connectivity index (χ2n) is 4.73. The normalized spacial score (nSPS) is 12.5. The quantitative estimate of drug-likeness (QED) is 0.811. The van der Waals surface area contributed by atoms with Gasteiger partial charge in [-0.05, 0) is 32.4 Å². The second kappa shape index (κ2) is 4.89. The highest BCUT2D eigenvalue weighted by molar-refractivity contribution is 7.92. The SMILES string of the molecule is Cc1nc(Cl)nc(NCC(C)(C)S(C)(=O)=O)c1N. The Balaban J connectivity index is 2.95. The topological polar surface area (TPSA) is 98.0 Å². The summed E-state index contributed by atoms with van der Waals surface area (Å²) in [5, 5.41) is 2.97. The van der Waals surface area contributed by atoms with Crippen LogP contribution in [0.5, 0.6) is 0 Å². The van der Waals surface area contributed by atoms with Gasteiger partial charge in [0.1, 0.15) is 0 Å². The van der Waals surface area contributed by atoms with Crippen LogP contribution in [0.25, 0.3) is 0 Å². The van der Waals surface area contributed by atoms with Crippen molar-refractivity contribution >= 4 is 32.9 Å². The Bertz CT molecular complexity index is 557. The minimum Gasteiger partial charge on any atom is -0.394 e. The van der Waals surface area contributed by atoms with Crippen LogP contribution in [-0.2, 0) is 9.84 Å². The van der Waals surface area contributed by atoms with E-state index in [9.17, 15) is 8.42 Å². The van der Waals surface area contributed by atoms with Crippen LogP contribution < -0.4 is 11.1 Å². The molecule has 1 aromatic heterocycles. The molecular formula is C10H17ClN4O2S. The molecule has 6 nitrogen and oxygen atoms in total. The number of nitrogens with one attached hydrogen (secondary N) is 1. The van der Waals surface area contributed by atoms with E-state index < -0.39 is 14.6 Å². The Labute approximate surface area is 112 Å². The molecule has 0 saturated carbocycles. The van der Waals surface area contributed by atoms with Crippen molar-refractivity contribution in [2.45, 2.75) is 25.5 Å². The number of nitrogen functional groups attached to an aromatic ring is 1. The molecule has 18 heavy (non-hydrogen) atoms. The molecule has 0 atom stereocenters. The van der Waals surface area contributed by atoms with Gasteiger partial charge in [0.25, 0.3) is 0 Å². The van der Waals surface area contributed by atoms with Gasteiger partial charge >= 0.3 is 0 Å². The van der Waals surface area contributed by atoms with Crippen molar-refractivity contribution in [2.24, 2.45) is 0 Å². The zero-order valence-corrected chi connectivity index (χ0v) is 12.4. The molecule has 0 aliphatic heterocycles. The van der Waals surface area contributed by atoms with Crippen LogP contribution in [0.2, 0.25) is 5.28 Å². The summed E-state index contributed by atoms with van der Waals surface area (Å²) in [5.74, 6) is 0.351. The molecule has 0 saturated heterocycles. The third kappa shape index (κ3) is 3.23. The summed E-state index contributed by atoms with van der Waals surface area (Å²) in [7, 11) is -3.19. The molecule has 0 radical (unpaired) electrons. The molecule has 1 rings (SSSR count). The number of sulfone groups is 1. The van der Waals surface area contributed by atoms with E-state index in [2.05, 4.69) is 15.3 Å².